The Morgan fingerprint density at radius 2 is 1.94 bits per heavy atom. The number of carbonyl (C=O) groups is 2. The third-order valence-corrected chi connectivity index (χ3v) is 5.97. The maximum Gasteiger partial charge on any atom is 0.410 e. The maximum atomic E-state index is 13.2. The third-order valence-electron chi connectivity index (χ3n) is 5.97. The molecule has 2 aromatic heterocycles. The number of hydrogen-bond donors (Lipinski definition) is 1. The van der Waals surface area contributed by atoms with Gasteiger partial charge in [-0.1, -0.05) is 0 Å². The van der Waals surface area contributed by atoms with Gasteiger partial charge >= 0.3 is 6.09 Å². The largest absolute Gasteiger partial charge is 0.444 e. The Kier molecular flexibility index (Phi) is 7.14. The number of ether oxygens (including phenoxy) is 1. The van der Waals surface area contributed by atoms with E-state index in [0.717, 1.165) is 29.8 Å². The van der Waals surface area contributed by atoms with Crippen LogP contribution >= 0.6 is 0 Å². The van der Waals surface area contributed by atoms with Crippen LogP contribution in [0.2, 0.25) is 0 Å². The van der Waals surface area contributed by atoms with Crippen molar-refractivity contribution >= 4 is 23.7 Å². The summed E-state index contributed by atoms with van der Waals surface area (Å²) in [4.78, 5) is 38.2. The Hall–Kier alpha value is -2.91. The van der Waals surface area contributed by atoms with Crippen molar-refractivity contribution in [3.05, 3.63) is 17.0 Å². The number of carbonyl (C=O) groups excluding carboxylic acids is 2. The molecule has 1 fully saturated rings. The quantitative estimate of drug-likeness (QED) is 0.730. The second kappa shape index (κ2) is 9.52. The van der Waals surface area contributed by atoms with Crippen molar-refractivity contribution in [2.45, 2.75) is 79.4 Å². The van der Waals surface area contributed by atoms with Crippen LogP contribution in [0.25, 0.3) is 5.78 Å². The molecule has 2 N–H and O–H groups in total. The zero-order valence-corrected chi connectivity index (χ0v) is 20.9. The monoisotopic (exact) mass is 459 g/mol. The first-order chi connectivity index (χ1) is 15.4. The number of nitrogens with zero attached hydrogens (tertiary/aromatic N) is 6. The summed E-state index contributed by atoms with van der Waals surface area (Å²) in [5, 5.41) is 4.18. The van der Waals surface area contributed by atoms with Gasteiger partial charge in [0.15, 0.2) is 0 Å². The summed E-state index contributed by atoms with van der Waals surface area (Å²) >= 11 is 0. The zero-order valence-electron chi connectivity index (χ0n) is 20.9. The Labute approximate surface area is 195 Å². The fourth-order valence-corrected chi connectivity index (χ4v) is 4.28. The summed E-state index contributed by atoms with van der Waals surface area (Å²) in [5.41, 5.74) is 7.59. The summed E-state index contributed by atoms with van der Waals surface area (Å²) in [5.74, 6) is 0.851. The lowest BCUT2D eigenvalue weighted by atomic mass is 9.96. The fourth-order valence-electron chi connectivity index (χ4n) is 4.28. The van der Waals surface area contributed by atoms with Crippen molar-refractivity contribution < 1.29 is 14.3 Å². The number of aryl methyl sites for hydroxylation is 2. The number of piperidine rings is 1. The van der Waals surface area contributed by atoms with Crippen molar-refractivity contribution in [3.63, 3.8) is 0 Å². The van der Waals surface area contributed by atoms with E-state index in [1.165, 1.54) is 0 Å². The van der Waals surface area contributed by atoms with Gasteiger partial charge in [0.05, 0.1) is 6.42 Å². The highest BCUT2D eigenvalue weighted by Gasteiger charge is 2.30. The first-order valence-electron chi connectivity index (χ1n) is 11.6. The molecule has 1 saturated heterocycles. The molecule has 0 aromatic carbocycles. The third kappa shape index (κ3) is 5.91. The molecular weight excluding hydrogens is 422 g/mol. The van der Waals surface area contributed by atoms with Crippen LogP contribution in [0, 0.1) is 19.8 Å². The van der Waals surface area contributed by atoms with Crippen molar-refractivity contribution in [3.8, 4) is 0 Å². The second-order valence-electron chi connectivity index (χ2n) is 10.2. The summed E-state index contributed by atoms with van der Waals surface area (Å²) in [6, 6.07) is 0.0177. The van der Waals surface area contributed by atoms with E-state index < -0.39 is 5.60 Å². The second-order valence-corrected chi connectivity index (χ2v) is 10.2. The number of hydrogen-bond acceptors (Lipinski definition) is 7. The number of nitrogens with two attached hydrogens (primary N) is 1. The fraction of sp³-hybridized carbons (Fsp3) is 0.696. The van der Waals surface area contributed by atoms with E-state index in [1.807, 2.05) is 53.4 Å². The Morgan fingerprint density at radius 1 is 1.24 bits per heavy atom. The molecule has 33 heavy (non-hydrogen) atoms. The van der Waals surface area contributed by atoms with Gasteiger partial charge in [-0.05, 0) is 67.2 Å². The molecule has 1 aliphatic heterocycles. The molecule has 1 atom stereocenters. The van der Waals surface area contributed by atoms with E-state index in [4.69, 9.17) is 10.5 Å². The van der Waals surface area contributed by atoms with Crippen LogP contribution < -0.4 is 5.73 Å². The van der Waals surface area contributed by atoms with Crippen LogP contribution in [0.5, 0.6) is 0 Å². The van der Waals surface area contributed by atoms with Crippen LogP contribution in [0.15, 0.2) is 0 Å². The van der Waals surface area contributed by atoms with Gasteiger partial charge in [0, 0.05) is 42.6 Å². The number of amides is 2. The molecule has 3 heterocycles. The molecule has 0 aliphatic carbocycles. The molecule has 1 aliphatic rings. The number of aromatic nitrogens is 4. The average Bonchev–Trinajstić information content (AvgIpc) is 3.08. The minimum absolute atomic E-state index is 0.0177. The van der Waals surface area contributed by atoms with Crippen LogP contribution in [-0.2, 0) is 16.0 Å². The highest BCUT2D eigenvalue weighted by Crippen LogP contribution is 2.22. The number of fused-ring (bicyclic) bond motifs is 1. The molecule has 10 nitrogen and oxygen atoms in total. The van der Waals surface area contributed by atoms with Gasteiger partial charge in [0.1, 0.15) is 5.60 Å². The van der Waals surface area contributed by atoms with Gasteiger partial charge in [-0.2, -0.15) is 9.50 Å². The van der Waals surface area contributed by atoms with Gasteiger partial charge in [-0.25, -0.2) is 9.78 Å². The maximum absolute atomic E-state index is 13.2. The summed E-state index contributed by atoms with van der Waals surface area (Å²) < 4.78 is 7.19. The van der Waals surface area contributed by atoms with E-state index in [0.29, 0.717) is 25.4 Å². The molecule has 1 unspecified atom stereocenters. The molecule has 2 amide bonds. The van der Waals surface area contributed by atoms with Gasteiger partial charge in [0.2, 0.25) is 11.9 Å². The van der Waals surface area contributed by atoms with Crippen LogP contribution in [0.1, 0.15) is 64.4 Å². The first kappa shape index (κ1) is 24.7. The van der Waals surface area contributed by atoms with Crippen molar-refractivity contribution in [2.24, 2.45) is 5.92 Å². The van der Waals surface area contributed by atoms with Crippen molar-refractivity contribution in [1.82, 2.24) is 29.4 Å². The highest BCUT2D eigenvalue weighted by molar-refractivity contribution is 5.79. The van der Waals surface area contributed by atoms with Crippen LogP contribution in [0.4, 0.5) is 10.7 Å². The van der Waals surface area contributed by atoms with Crippen molar-refractivity contribution in [1.29, 1.82) is 0 Å². The predicted octanol–water partition coefficient (Wildman–Crippen LogP) is 2.75. The SMILES string of the molecule is Cc1nc2nc(N)nn2c(C)c1CC(=O)N1CCCC(CN(C(=O)OC(C)(C)C)C(C)C)C1. The summed E-state index contributed by atoms with van der Waals surface area (Å²) in [7, 11) is 0. The highest BCUT2D eigenvalue weighted by atomic mass is 16.6. The van der Waals surface area contributed by atoms with Crippen LogP contribution in [0.3, 0.4) is 0 Å². The summed E-state index contributed by atoms with van der Waals surface area (Å²) in [6.07, 6.45) is 1.82. The summed E-state index contributed by atoms with van der Waals surface area (Å²) in [6.45, 7) is 15.3. The molecular formula is C23H37N7O3. The Morgan fingerprint density at radius 3 is 2.58 bits per heavy atom. The Balaban J connectivity index is 1.69. The minimum Gasteiger partial charge on any atom is -0.444 e. The van der Waals surface area contributed by atoms with Gasteiger partial charge < -0.3 is 20.3 Å². The molecule has 0 radical (unpaired) electrons. The molecule has 0 spiro atoms. The van der Waals surface area contributed by atoms with Crippen LogP contribution in [-0.4, -0.2) is 72.7 Å². The van der Waals surface area contributed by atoms with Gasteiger partial charge in [-0.15, -0.1) is 5.10 Å². The number of rotatable bonds is 5. The Bertz CT molecular complexity index is 1030. The lowest BCUT2D eigenvalue weighted by Crippen LogP contribution is -2.48. The normalized spacial score (nSPS) is 17.0. The van der Waals surface area contributed by atoms with Gasteiger partial charge in [-0.3, -0.25) is 4.79 Å². The molecule has 2 aromatic rings. The zero-order chi connectivity index (χ0) is 24.5. The molecule has 0 bridgehead atoms. The topological polar surface area (TPSA) is 119 Å². The van der Waals surface area contributed by atoms with Crippen molar-refractivity contribution in [2.75, 3.05) is 25.4 Å². The lowest BCUT2D eigenvalue weighted by Gasteiger charge is -2.37. The number of anilines is 1. The van der Waals surface area contributed by atoms with E-state index in [-0.39, 0.29) is 36.3 Å². The van der Waals surface area contributed by atoms with E-state index in [2.05, 4.69) is 15.1 Å². The molecule has 10 heteroatoms. The molecule has 182 valence electrons. The first-order valence-corrected chi connectivity index (χ1v) is 11.6. The molecule has 3 rings (SSSR count). The number of nitrogen functional groups attached to an aromatic ring is 1. The predicted molar refractivity (Wildman–Crippen MR) is 126 cm³/mol. The minimum atomic E-state index is -0.543. The lowest BCUT2D eigenvalue weighted by molar-refractivity contribution is -0.132. The number of likely N-dealkylation sites (tertiary alicyclic amines) is 1. The van der Waals surface area contributed by atoms with E-state index in [1.54, 1.807) is 9.42 Å². The average molecular weight is 460 g/mol. The smallest absolute Gasteiger partial charge is 0.410 e. The standard InChI is InChI=1S/C23H37N7O3/c1-14(2)29(22(32)33-23(5,6)7)13-17-9-8-10-28(12-17)19(31)11-18-15(3)25-21-26-20(24)27-30(21)16(18)4/h14,17H,8-13H2,1-7H3,(H2,24,27). The van der Waals surface area contributed by atoms with Gasteiger partial charge in [0.25, 0.3) is 5.78 Å². The molecule has 0 saturated carbocycles. The van der Waals surface area contributed by atoms with E-state index in [9.17, 15) is 9.59 Å². The van der Waals surface area contributed by atoms with E-state index >= 15 is 0 Å².